The number of benzene rings is 3. The fourth-order valence-electron chi connectivity index (χ4n) is 7.04. The normalized spacial score (nSPS) is 16.6. The molecule has 1 N–H and O–H groups in total. The van der Waals surface area contributed by atoms with Gasteiger partial charge in [0.25, 0.3) is 5.91 Å². The summed E-state index contributed by atoms with van der Waals surface area (Å²) in [7, 11) is 0. The third kappa shape index (κ3) is 8.04. The topological polar surface area (TPSA) is 110 Å². The summed E-state index contributed by atoms with van der Waals surface area (Å²) in [6.07, 6.45) is 8.97. The predicted octanol–water partition coefficient (Wildman–Crippen LogP) is 8.41. The van der Waals surface area contributed by atoms with Crippen LogP contribution in [0.5, 0.6) is 11.5 Å². The summed E-state index contributed by atoms with van der Waals surface area (Å²) in [5.41, 5.74) is 3.34. The van der Waals surface area contributed by atoms with Crippen molar-refractivity contribution in [1.82, 2.24) is 20.1 Å². The number of carbonyl (C=O) groups excluding carboxylic acids is 3. The predicted molar refractivity (Wildman–Crippen MR) is 198 cm³/mol. The number of ether oxygens (including phenoxy) is 3. The molecular formula is C42H43FN4O6. The van der Waals surface area contributed by atoms with Crippen LogP contribution in [0.25, 0.3) is 10.9 Å². The first kappa shape index (κ1) is 35.7. The molecule has 1 aromatic heterocycles. The molecule has 11 heteroatoms. The minimum absolute atomic E-state index is 0.138. The standard InChI is InChI=1S/C42H43FN4O6/c1-42(2,3)53-40(49)45-31-20-23-46(24-21-31)41(50)52-37-32-15-10-22-44-35(32)38(51-36(28-11-6-4-7-12-28)29-13-8-5-9-14-29)34-33(37)26-47(39(34)48)25-27-16-18-30(43)19-17-27/h4-8,10-13,15-19,22,31,36H,9,14,20-21,23-26H2,1-3H3,(H,45,49). The zero-order valence-electron chi connectivity index (χ0n) is 30.1. The van der Waals surface area contributed by atoms with Crippen molar-refractivity contribution >= 4 is 29.0 Å². The Balaban J connectivity index is 1.23. The molecule has 3 heterocycles. The molecule has 10 nitrogen and oxygen atoms in total. The molecule has 1 fully saturated rings. The number of nitrogens with one attached hydrogen (secondary N) is 1. The van der Waals surface area contributed by atoms with Crippen LogP contribution in [0, 0.1) is 5.82 Å². The van der Waals surface area contributed by atoms with Gasteiger partial charge in [-0.15, -0.1) is 0 Å². The molecule has 274 valence electrons. The van der Waals surface area contributed by atoms with E-state index >= 15 is 0 Å². The number of alkyl carbamates (subject to hydrolysis) is 1. The van der Waals surface area contributed by atoms with Gasteiger partial charge in [0, 0.05) is 42.8 Å². The largest absolute Gasteiger partial charge is 0.478 e. The van der Waals surface area contributed by atoms with Crippen LogP contribution >= 0.6 is 0 Å². The van der Waals surface area contributed by atoms with Crippen LogP contribution in [-0.4, -0.2) is 57.6 Å². The Hall–Kier alpha value is -5.71. The van der Waals surface area contributed by atoms with Gasteiger partial charge in [-0.3, -0.25) is 9.78 Å². The highest BCUT2D eigenvalue weighted by Gasteiger charge is 2.39. The van der Waals surface area contributed by atoms with Gasteiger partial charge in [-0.2, -0.15) is 0 Å². The molecular weight excluding hydrogens is 675 g/mol. The molecule has 3 aromatic carbocycles. The molecule has 0 saturated carbocycles. The maximum Gasteiger partial charge on any atom is 0.415 e. The minimum atomic E-state index is -0.615. The molecule has 0 radical (unpaired) electrons. The highest BCUT2D eigenvalue weighted by molar-refractivity contribution is 6.09. The molecule has 53 heavy (non-hydrogen) atoms. The molecule has 0 bridgehead atoms. The second-order valence-corrected chi connectivity index (χ2v) is 14.6. The van der Waals surface area contributed by atoms with Crippen LogP contribution in [0.2, 0.25) is 0 Å². The first-order valence-electron chi connectivity index (χ1n) is 18.0. The highest BCUT2D eigenvalue weighted by Crippen LogP contribution is 2.47. The number of carbonyl (C=O) groups is 3. The van der Waals surface area contributed by atoms with Gasteiger partial charge in [-0.25, -0.2) is 14.0 Å². The molecule has 0 spiro atoms. The van der Waals surface area contributed by atoms with Crippen LogP contribution in [0.1, 0.15) is 79.6 Å². The van der Waals surface area contributed by atoms with Crippen molar-refractivity contribution in [2.24, 2.45) is 0 Å². The van der Waals surface area contributed by atoms with Gasteiger partial charge in [0.05, 0.1) is 12.1 Å². The van der Waals surface area contributed by atoms with Crippen LogP contribution < -0.4 is 14.8 Å². The molecule has 1 unspecified atom stereocenters. The van der Waals surface area contributed by atoms with E-state index in [9.17, 15) is 18.8 Å². The van der Waals surface area contributed by atoms with Gasteiger partial charge in [-0.1, -0.05) is 60.7 Å². The number of fused-ring (bicyclic) bond motifs is 2. The zero-order valence-corrected chi connectivity index (χ0v) is 30.1. The number of piperidine rings is 1. The van der Waals surface area contributed by atoms with E-state index in [0.717, 1.165) is 29.5 Å². The maximum atomic E-state index is 14.5. The number of likely N-dealkylation sites (tertiary alicyclic amines) is 1. The van der Waals surface area contributed by atoms with E-state index in [0.29, 0.717) is 48.1 Å². The van der Waals surface area contributed by atoms with Crippen LogP contribution in [0.4, 0.5) is 14.0 Å². The monoisotopic (exact) mass is 718 g/mol. The molecule has 2 aliphatic heterocycles. The molecule has 1 atom stereocenters. The first-order chi connectivity index (χ1) is 25.5. The summed E-state index contributed by atoms with van der Waals surface area (Å²) in [6, 6.07) is 19.3. The number of aromatic nitrogens is 1. The number of nitrogens with zero attached hydrogens (tertiary/aromatic N) is 3. The SMILES string of the molecule is CC(C)(C)OC(=O)NC1CCN(C(=O)Oc2c3c(c(OC(C4=CC=CCC4)c4ccccc4)c4ncccc24)C(=O)N(Cc2ccc(F)cc2)C3)CC1. The quantitative estimate of drug-likeness (QED) is 0.195. The summed E-state index contributed by atoms with van der Waals surface area (Å²) < 4.78 is 32.4. The summed E-state index contributed by atoms with van der Waals surface area (Å²) >= 11 is 0. The van der Waals surface area contributed by atoms with E-state index in [4.69, 9.17) is 19.2 Å². The van der Waals surface area contributed by atoms with Crippen molar-refractivity contribution in [3.63, 3.8) is 0 Å². The Labute approximate surface area is 308 Å². The second-order valence-electron chi connectivity index (χ2n) is 14.6. The lowest BCUT2D eigenvalue weighted by atomic mass is 9.94. The van der Waals surface area contributed by atoms with E-state index in [2.05, 4.69) is 17.5 Å². The average Bonchev–Trinajstić information content (AvgIpc) is 3.47. The smallest absolute Gasteiger partial charge is 0.415 e. The van der Waals surface area contributed by atoms with E-state index in [-0.39, 0.29) is 42.2 Å². The lowest BCUT2D eigenvalue weighted by Crippen LogP contribution is -2.48. The number of amides is 3. The van der Waals surface area contributed by atoms with E-state index in [1.165, 1.54) is 12.1 Å². The average molecular weight is 719 g/mol. The number of pyridine rings is 1. The number of hydrogen-bond acceptors (Lipinski definition) is 7. The summed E-state index contributed by atoms with van der Waals surface area (Å²) in [5.74, 6) is -0.0983. The lowest BCUT2D eigenvalue weighted by molar-refractivity contribution is 0.0481. The van der Waals surface area contributed by atoms with Crippen LogP contribution in [-0.2, 0) is 17.8 Å². The van der Waals surface area contributed by atoms with Crippen LogP contribution in [0.3, 0.4) is 0 Å². The van der Waals surface area contributed by atoms with E-state index in [1.54, 1.807) is 34.2 Å². The van der Waals surface area contributed by atoms with Crippen molar-refractivity contribution in [1.29, 1.82) is 0 Å². The van der Waals surface area contributed by atoms with Crippen molar-refractivity contribution in [3.8, 4) is 11.5 Å². The van der Waals surface area contributed by atoms with Gasteiger partial charge in [0.2, 0.25) is 0 Å². The van der Waals surface area contributed by atoms with E-state index in [1.807, 2.05) is 63.2 Å². The maximum absolute atomic E-state index is 14.5. The Bertz CT molecular complexity index is 2070. The van der Waals surface area contributed by atoms with Gasteiger partial charge < -0.3 is 29.3 Å². The first-order valence-corrected chi connectivity index (χ1v) is 18.0. The van der Waals surface area contributed by atoms with Crippen molar-refractivity contribution < 1.29 is 33.0 Å². The molecule has 1 saturated heterocycles. The summed E-state index contributed by atoms with van der Waals surface area (Å²) in [6.45, 7) is 6.49. The van der Waals surface area contributed by atoms with Crippen molar-refractivity contribution in [2.45, 2.75) is 77.3 Å². The Kier molecular flexibility index (Phi) is 10.2. The molecule has 3 aliphatic rings. The second kappa shape index (κ2) is 15.1. The molecule has 7 rings (SSSR count). The number of rotatable bonds is 8. The molecule has 3 amide bonds. The minimum Gasteiger partial charge on any atom is -0.478 e. The van der Waals surface area contributed by atoms with E-state index < -0.39 is 23.9 Å². The Morgan fingerprint density at radius 1 is 1.00 bits per heavy atom. The third-order valence-electron chi connectivity index (χ3n) is 9.59. The van der Waals surface area contributed by atoms with Crippen LogP contribution in [0.15, 0.2) is 96.7 Å². The van der Waals surface area contributed by atoms with Crippen molar-refractivity contribution in [3.05, 3.63) is 125 Å². The van der Waals surface area contributed by atoms with Gasteiger partial charge >= 0.3 is 12.2 Å². The Morgan fingerprint density at radius 2 is 1.75 bits per heavy atom. The number of halogens is 1. The van der Waals surface area contributed by atoms with Gasteiger partial charge in [0.15, 0.2) is 5.75 Å². The third-order valence-corrected chi connectivity index (χ3v) is 9.59. The fourth-order valence-corrected chi connectivity index (χ4v) is 7.04. The summed E-state index contributed by atoms with van der Waals surface area (Å²) in [4.78, 5) is 48.7. The highest BCUT2D eigenvalue weighted by atomic mass is 19.1. The Morgan fingerprint density at radius 3 is 2.45 bits per heavy atom. The van der Waals surface area contributed by atoms with Crippen molar-refractivity contribution in [2.75, 3.05) is 13.1 Å². The molecule has 4 aromatic rings. The van der Waals surface area contributed by atoms with Gasteiger partial charge in [-0.05, 0) is 87.4 Å². The lowest BCUT2D eigenvalue weighted by Gasteiger charge is -2.32. The zero-order chi connectivity index (χ0) is 37.1. The summed E-state index contributed by atoms with van der Waals surface area (Å²) in [5, 5.41) is 3.44. The fraction of sp³-hybridized carbons (Fsp3) is 0.333. The van der Waals surface area contributed by atoms with Gasteiger partial charge in [0.1, 0.15) is 28.8 Å². The molecule has 1 aliphatic carbocycles. The number of hydrogen-bond donors (Lipinski definition) is 1. The number of allylic oxidation sites excluding steroid dienone is 3.